The number of carbonyl (C=O) groups excluding carboxylic acids is 2. The van der Waals surface area contributed by atoms with Gasteiger partial charge < -0.3 is 5.32 Å². The zero-order valence-electron chi connectivity index (χ0n) is 18.8. The highest BCUT2D eigenvalue weighted by Crippen LogP contribution is 2.32. The van der Waals surface area contributed by atoms with Gasteiger partial charge in [0.1, 0.15) is 0 Å². The van der Waals surface area contributed by atoms with Crippen LogP contribution in [0.2, 0.25) is 10.0 Å². The first-order valence-corrected chi connectivity index (χ1v) is 12.5. The molecule has 4 aromatic rings. The molecular weight excluding hydrogens is 499 g/mol. The Morgan fingerprint density at radius 2 is 1.43 bits per heavy atom. The Labute approximate surface area is 218 Å². The molecule has 0 bridgehead atoms. The van der Waals surface area contributed by atoms with Crippen LogP contribution >= 0.6 is 35.0 Å². The zero-order chi connectivity index (χ0) is 24.8. The van der Waals surface area contributed by atoms with E-state index in [-0.39, 0.29) is 22.1 Å². The molecule has 0 aliphatic heterocycles. The van der Waals surface area contributed by atoms with Gasteiger partial charge in [0.25, 0.3) is 5.91 Å². The van der Waals surface area contributed by atoms with Gasteiger partial charge in [-0.25, -0.2) is 0 Å². The minimum absolute atomic E-state index is 0.0465. The average Bonchev–Trinajstić information content (AvgIpc) is 2.85. The van der Waals surface area contributed by atoms with E-state index in [1.54, 1.807) is 23.1 Å². The van der Waals surface area contributed by atoms with Crippen LogP contribution in [0.3, 0.4) is 0 Å². The van der Waals surface area contributed by atoms with Crippen LogP contribution in [0, 0.1) is 0 Å². The van der Waals surface area contributed by atoms with E-state index in [1.165, 1.54) is 17.8 Å². The summed E-state index contributed by atoms with van der Waals surface area (Å²) in [6.07, 6.45) is 0. The lowest BCUT2D eigenvalue weighted by Crippen LogP contribution is -2.32. The first-order valence-electron chi connectivity index (χ1n) is 10.9. The van der Waals surface area contributed by atoms with Crippen LogP contribution in [0.1, 0.15) is 17.3 Å². The van der Waals surface area contributed by atoms with Gasteiger partial charge in [0, 0.05) is 27.0 Å². The third kappa shape index (κ3) is 6.25. The number of nitrogens with one attached hydrogen (secondary N) is 1. The van der Waals surface area contributed by atoms with Crippen molar-refractivity contribution in [2.75, 3.05) is 10.2 Å². The minimum Gasteiger partial charge on any atom is -0.322 e. The predicted octanol–water partition coefficient (Wildman–Crippen LogP) is 8.09. The second-order valence-electron chi connectivity index (χ2n) is 7.71. The lowest BCUT2D eigenvalue weighted by molar-refractivity contribution is -0.117. The fourth-order valence-corrected chi connectivity index (χ4v) is 4.97. The molecule has 0 heterocycles. The number of hydrogen-bond acceptors (Lipinski definition) is 3. The van der Waals surface area contributed by atoms with E-state index in [9.17, 15) is 9.59 Å². The number of anilines is 3. The Hall–Kier alpha value is -3.25. The zero-order valence-corrected chi connectivity index (χ0v) is 21.1. The molecule has 4 nitrogen and oxygen atoms in total. The van der Waals surface area contributed by atoms with Crippen LogP contribution in [-0.2, 0) is 4.79 Å². The van der Waals surface area contributed by atoms with Crippen molar-refractivity contribution in [1.82, 2.24) is 0 Å². The van der Waals surface area contributed by atoms with Crippen LogP contribution < -0.4 is 10.2 Å². The minimum atomic E-state index is -0.382. The smallest absolute Gasteiger partial charge is 0.257 e. The summed E-state index contributed by atoms with van der Waals surface area (Å²) in [7, 11) is 0. The van der Waals surface area contributed by atoms with Crippen molar-refractivity contribution in [3.8, 4) is 0 Å². The molecule has 176 valence electrons. The van der Waals surface area contributed by atoms with Gasteiger partial charge >= 0.3 is 0 Å². The highest BCUT2D eigenvalue weighted by molar-refractivity contribution is 8.00. The average molecular weight is 521 g/mol. The van der Waals surface area contributed by atoms with Crippen LogP contribution in [-0.4, -0.2) is 17.1 Å². The van der Waals surface area contributed by atoms with Gasteiger partial charge in [-0.1, -0.05) is 65.7 Å². The maximum Gasteiger partial charge on any atom is 0.257 e. The molecule has 2 amide bonds. The molecule has 0 aliphatic carbocycles. The summed E-state index contributed by atoms with van der Waals surface area (Å²) in [6, 6.07) is 31.3. The van der Waals surface area contributed by atoms with E-state index in [0.29, 0.717) is 16.3 Å². The van der Waals surface area contributed by atoms with Crippen molar-refractivity contribution in [2.45, 2.75) is 17.1 Å². The van der Waals surface area contributed by atoms with E-state index in [4.69, 9.17) is 23.2 Å². The van der Waals surface area contributed by atoms with Crippen LogP contribution in [0.15, 0.2) is 108 Å². The molecule has 0 radical (unpaired) electrons. The summed E-state index contributed by atoms with van der Waals surface area (Å²) in [5.41, 5.74) is 2.54. The summed E-state index contributed by atoms with van der Waals surface area (Å²) in [4.78, 5) is 28.8. The van der Waals surface area contributed by atoms with E-state index in [1.807, 2.05) is 85.8 Å². The maximum absolute atomic E-state index is 13.6. The monoisotopic (exact) mass is 520 g/mol. The fourth-order valence-electron chi connectivity index (χ4n) is 3.51. The number of para-hydroxylation sites is 2. The van der Waals surface area contributed by atoms with Crippen LogP contribution in [0.5, 0.6) is 0 Å². The molecule has 4 rings (SSSR count). The Kier molecular flexibility index (Phi) is 8.13. The number of rotatable bonds is 7. The van der Waals surface area contributed by atoms with Gasteiger partial charge in [-0.2, -0.15) is 0 Å². The third-order valence-electron chi connectivity index (χ3n) is 5.18. The number of carbonyl (C=O) groups is 2. The van der Waals surface area contributed by atoms with Crippen molar-refractivity contribution in [3.63, 3.8) is 0 Å². The molecule has 0 spiro atoms. The van der Waals surface area contributed by atoms with E-state index in [0.717, 1.165) is 16.3 Å². The van der Waals surface area contributed by atoms with Crippen molar-refractivity contribution >= 4 is 63.8 Å². The molecule has 35 heavy (non-hydrogen) atoms. The normalized spacial score (nSPS) is 11.5. The van der Waals surface area contributed by atoms with Gasteiger partial charge in [0.05, 0.1) is 15.8 Å². The van der Waals surface area contributed by atoms with Gasteiger partial charge in [0.2, 0.25) is 5.91 Å². The molecule has 1 N–H and O–H groups in total. The second-order valence-corrected chi connectivity index (χ2v) is 9.97. The van der Waals surface area contributed by atoms with E-state index in [2.05, 4.69) is 5.32 Å². The first-order chi connectivity index (χ1) is 16.9. The van der Waals surface area contributed by atoms with Crippen molar-refractivity contribution in [2.24, 2.45) is 0 Å². The molecule has 4 aromatic carbocycles. The lowest BCUT2D eigenvalue weighted by Gasteiger charge is -2.26. The molecule has 1 unspecified atom stereocenters. The Morgan fingerprint density at radius 1 is 0.800 bits per heavy atom. The fraction of sp³-hybridized carbons (Fsp3) is 0.0714. The van der Waals surface area contributed by atoms with Crippen LogP contribution in [0.4, 0.5) is 17.1 Å². The molecule has 0 saturated heterocycles. The Bertz CT molecular complexity index is 1290. The van der Waals surface area contributed by atoms with Crippen LogP contribution in [0.25, 0.3) is 0 Å². The number of amides is 2. The van der Waals surface area contributed by atoms with Crippen molar-refractivity contribution < 1.29 is 9.59 Å². The van der Waals surface area contributed by atoms with Gasteiger partial charge in [-0.15, -0.1) is 11.8 Å². The molecule has 0 aromatic heterocycles. The lowest BCUT2D eigenvalue weighted by atomic mass is 10.2. The van der Waals surface area contributed by atoms with Crippen molar-refractivity contribution in [1.29, 1.82) is 0 Å². The molecular formula is C28H22Cl2N2O2S. The quantitative estimate of drug-likeness (QED) is 0.250. The number of nitrogens with zero attached hydrogens (tertiary/aromatic N) is 1. The third-order valence-corrected chi connectivity index (χ3v) is 6.81. The summed E-state index contributed by atoms with van der Waals surface area (Å²) in [5.74, 6) is -0.382. The number of thioether (sulfide) groups is 1. The maximum atomic E-state index is 13.6. The highest BCUT2D eigenvalue weighted by Gasteiger charge is 2.24. The Morgan fingerprint density at radius 3 is 2.03 bits per heavy atom. The van der Waals surface area contributed by atoms with E-state index >= 15 is 0 Å². The summed E-state index contributed by atoms with van der Waals surface area (Å²) >= 11 is 13.5. The SMILES string of the molecule is CC(Sc1cccc(NC(=O)c2ccc(Cl)cc2Cl)c1)C(=O)N(c1ccccc1)c1ccccc1. The molecule has 0 aliphatic rings. The van der Waals surface area contributed by atoms with Gasteiger partial charge in [-0.05, 0) is 67.6 Å². The number of benzene rings is 4. The largest absolute Gasteiger partial charge is 0.322 e. The molecule has 0 fully saturated rings. The summed E-state index contributed by atoms with van der Waals surface area (Å²) in [6.45, 7) is 1.88. The second kappa shape index (κ2) is 11.5. The predicted molar refractivity (Wildman–Crippen MR) is 146 cm³/mol. The molecule has 7 heteroatoms. The standard InChI is InChI=1S/C28H22Cl2N2O2S/c1-19(28(34)32(22-10-4-2-5-11-22)23-12-6-3-7-13-23)35-24-14-8-9-21(18-24)31-27(33)25-16-15-20(29)17-26(25)30/h2-19H,1H3,(H,31,33). The molecule has 0 saturated carbocycles. The summed E-state index contributed by atoms with van der Waals surface area (Å²) in [5, 5.41) is 3.22. The number of hydrogen-bond donors (Lipinski definition) is 1. The number of halogens is 2. The topological polar surface area (TPSA) is 49.4 Å². The van der Waals surface area contributed by atoms with E-state index < -0.39 is 0 Å². The van der Waals surface area contributed by atoms with Gasteiger partial charge in [-0.3, -0.25) is 14.5 Å². The van der Waals surface area contributed by atoms with Crippen molar-refractivity contribution in [3.05, 3.63) is 119 Å². The summed E-state index contributed by atoms with van der Waals surface area (Å²) < 4.78 is 0. The molecule has 1 atom stereocenters. The highest BCUT2D eigenvalue weighted by atomic mass is 35.5. The first kappa shape index (κ1) is 24.9. The Balaban J connectivity index is 1.51. The van der Waals surface area contributed by atoms with Gasteiger partial charge in [0.15, 0.2) is 0 Å².